The highest BCUT2D eigenvalue weighted by Gasteiger charge is 2.13. The van der Waals surface area contributed by atoms with E-state index in [9.17, 15) is 9.59 Å². The molecule has 0 atom stereocenters. The van der Waals surface area contributed by atoms with Crippen LogP contribution in [0.15, 0.2) is 42.5 Å². The van der Waals surface area contributed by atoms with Gasteiger partial charge >= 0.3 is 12.1 Å². The fourth-order valence-electron chi connectivity index (χ4n) is 2.29. The van der Waals surface area contributed by atoms with Crippen LogP contribution in [0.4, 0.5) is 16.2 Å². The van der Waals surface area contributed by atoms with Gasteiger partial charge in [0.05, 0.1) is 42.0 Å². The molecule has 2 aromatic rings. The third-order valence-electron chi connectivity index (χ3n) is 3.65. The van der Waals surface area contributed by atoms with Crippen LogP contribution in [-0.4, -0.2) is 50.5 Å². The SMILES string of the molecule is O=C(Cc1ccccc1Nc1c(Cl)cccc1Cl)OCOC(=O)OCCOCCO. The van der Waals surface area contributed by atoms with E-state index < -0.39 is 18.9 Å². The smallest absolute Gasteiger partial charge is 0.432 e. The highest BCUT2D eigenvalue weighted by Crippen LogP contribution is 2.33. The molecule has 0 heterocycles. The molecule has 0 amide bonds. The van der Waals surface area contributed by atoms with Gasteiger partial charge in [0.25, 0.3) is 0 Å². The van der Waals surface area contributed by atoms with Crippen molar-refractivity contribution in [3.8, 4) is 0 Å². The molecule has 0 spiro atoms. The number of aliphatic hydroxyl groups excluding tert-OH is 1. The Labute approximate surface area is 183 Å². The van der Waals surface area contributed by atoms with Crippen LogP contribution in [-0.2, 0) is 30.2 Å². The number of aliphatic hydroxyl groups is 1. The van der Waals surface area contributed by atoms with E-state index in [1.807, 2.05) is 0 Å². The average molecular weight is 458 g/mol. The zero-order valence-corrected chi connectivity index (χ0v) is 17.4. The Kier molecular flexibility index (Phi) is 10.2. The number of para-hydroxylation sites is 2. The topological polar surface area (TPSA) is 103 Å². The molecule has 0 aliphatic rings. The lowest BCUT2D eigenvalue weighted by molar-refractivity contribution is -0.152. The number of rotatable bonds is 11. The van der Waals surface area contributed by atoms with Crippen LogP contribution in [0.2, 0.25) is 10.0 Å². The molecule has 0 fully saturated rings. The van der Waals surface area contributed by atoms with E-state index in [2.05, 4.69) is 10.1 Å². The number of esters is 1. The molecule has 0 bridgehead atoms. The maximum atomic E-state index is 12.1. The third-order valence-corrected chi connectivity index (χ3v) is 4.28. The van der Waals surface area contributed by atoms with Crippen molar-refractivity contribution in [1.29, 1.82) is 0 Å². The molecule has 162 valence electrons. The van der Waals surface area contributed by atoms with E-state index in [0.29, 0.717) is 27.0 Å². The highest BCUT2D eigenvalue weighted by atomic mass is 35.5. The van der Waals surface area contributed by atoms with Crippen molar-refractivity contribution in [2.24, 2.45) is 0 Å². The predicted molar refractivity (Wildman–Crippen MR) is 111 cm³/mol. The lowest BCUT2D eigenvalue weighted by Gasteiger charge is -2.14. The summed E-state index contributed by atoms with van der Waals surface area (Å²) < 4.78 is 19.2. The maximum absolute atomic E-state index is 12.1. The van der Waals surface area contributed by atoms with Gasteiger partial charge in [0.15, 0.2) is 0 Å². The molecule has 0 aliphatic carbocycles. The quantitative estimate of drug-likeness (QED) is 0.297. The molecule has 0 unspecified atom stereocenters. The van der Waals surface area contributed by atoms with E-state index in [-0.39, 0.29) is 32.8 Å². The van der Waals surface area contributed by atoms with Crippen LogP contribution in [0.3, 0.4) is 0 Å². The monoisotopic (exact) mass is 457 g/mol. The fraction of sp³-hybridized carbons (Fsp3) is 0.300. The van der Waals surface area contributed by atoms with Crippen molar-refractivity contribution >= 4 is 46.7 Å². The van der Waals surface area contributed by atoms with Crippen molar-refractivity contribution in [3.05, 3.63) is 58.1 Å². The molecule has 0 radical (unpaired) electrons. The Morgan fingerprint density at radius 1 is 0.900 bits per heavy atom. The van der Waals surface area contributed by atoms with Crippen LogP contribution in [0.25, 0.3) is 0 Å². The Hall–Kier alpha value is -2.52. The van der Waals surface area contributed by atoms with Gasteiger partial charge in [0.1, 0.15) is 6.61 Å². The number of carbonyl (C=O) groups is 2. The lowest BCUT2D eigenvalue weighted by Crippen LogP contribution is -2.17. The van der Waals surface area contributed by atoms with Crippen molar-refractivity contribution in [2.75, 3.05) is 38.5 Å². The minimum absolute atomic E-state index is 0.0452. The second kappa shape index (κ2) is 12.9. The summed E-state index contributed by atoms with van der Waals surface area (Å²) in [6.07, 6.45) is -1.07. The number of carbonyl (C=O) groups excluding carboxylic acids is 2. The number of benzene rings is 2. The second-order valence-electron chi connectivity index (χ2n) is 5.77. The standard InChI is InChI=1S/C20H21Cl2NO7/c21-15-5-3-6-16(22)19(15)23-17-7-2-1-4-14(17)12-18(25)29-13-30-20(26)28-11-10-27-9-8-24/h1-7,23-24H,8-13H2. The fourth-order valence-corrected chi connectivity index (χ4v) is 2.78. The minimum atomic E-state index is -0.995. The van der Waals surface area contributed by atoms with Gasteiger partial charge in [-0.25, -0.2) is 4.79 Å². The molecule has 2 rings (SSSR count). The molecule has 0 aromatic heterocycles. The lowest BCUT2D eigenvalue weighted by atomic mass is 10.1. The number of ether oxygens (including phenoxy) is 4. The van der Waals surface area contributed by atoms with E-state index >= 15 is 0 Å². The van der Waals surface area contributed by atoms with Crippen LogP contribution in [0.1, 0.15) is 5.56 Å². The summed E-state index contributed by atoms with van der Waals surface area (Å²) in [4.78, 5) is 23.4. The molecule has 2 aromatic carbocycles. The predicted octanol–water partition coefficient (Wildman–Crippen LogP) is 3.94. The first-order chi connectivity index (χ1) is 14.5. The van der Waals surface area contributed by atoms with Gasteiger partial charge in [0, 0.05) is 5.69 Å². The molecule has 2 N–H and O–H groups in total. The summed E-state index contributed by atoms with van der Waals surface area (Å²) in [6, 6.07) is 12.2. The van der Waals surface area contributed by atoms with Crippen LogP contribution in [0, 0.1) is 0 Å². The van der Waals surface area contributed by atoms with Crippen molar-refractivity contribution in [2.45, 2.75) is 6.42 Å². The van der Waals surface area contributed by atoms with Crippen LogP contribution in [0.5, 0.6) is 0 Å². The first-order valence-electron chi connectivity index (χ1n) is 8.94. The van der Waals surface area contributed by atoms with Crippen molar-refractivity contribution in [1.82, 2.24) is 0 Å². The number of hydrogen-bond acceptors (Lipinski definition) is 8. The summed E-state index contributed by atoms with van der Waals surface area (Å²) in [6.45, 7) is -0.480. The molecular formula is C20H21Cl2NO7. The summed E-state index contributed by atoms with van der Waals surface area (Å²) in [5, 5.41) is 12.5. The van der Waals surface area contributed by atoms with E-state index in [4.69, 9.17) is 42.5 Å². The van der Waals surface area contributed by atoms with E-state index in [1.165, 1.54) is 0 Å². The van der Waals surface area contributed by atoms with Crippen LogP contribution < -0.4 is 5.32 Å². The normalized spacial score (nSPS) is 10.4. The molecular weight excluding hydrogens is 437 g/mol. The van der Waals surface area contributed by atoms with Crippen molar-refractivity contribution < 1.29 is 33.6 Å². The molecule has 8 nitrogen and oxygen atoms in total. The molecule has 0 aliphatic heterocycles. The Morgan fingerprint density at radius 2 is 1.63 bits per heavy atom. The molecule has 0 saturated carbocycles. The molecule has 0 saturated heterocycles. The largest absolute Gasteiger partial charge is 0.511 e. The summed E-state index contributed by atoms with van der Waals surface area (Å²) in [7, 11) is 0. The van der Waals surface area contributed by atoms with Gasteiger partial charge in [-0.15, -0.1) is 0 Å². The van der Waals surface area contributed by atoms with Crippen LogP contribution >= 0.6 is 23.2 Å². The Balaban J connectivity index is 1.81. The molecule has 30 heavy (non-hydrogen) atoms. The van der Waals surface area contributed by atoms with Gasteiger partial charge < -0.3 is 29.4 Å². The number of halogens is 2. The van der Waals surface area contributed by atoms with Gasteiger partial charge in [-0.2, -0.15) is 0 Å². The Bertz CT molecular complexity index is 827. The third kappa shape index (κ3) is 8.08. The highest BCUT2D eigenvalue weighted by molar-refractivity contribution is 6.39. The number of anilines is 2. The zero-order chi connectivity index (χ0) is 21.8. The van der Waals surface area contributed by atoms with Gasteiger partial charge in [0.2, 0.25) is 6.79 Å². The van der Waals surface area contributed by atoms with E-state index in [0.717, 1.165) is 0 Å². The minimum Gasteiger partial charge on any atom is -0.432 e. The van der Waals surface area contributed by atoms with Gasteiger partial charge in [-0.3, -0.25) is 4.79 Å². The second-order valence-corrected chi connectivity index (χ2v) is 6.58. The summed E-state index contributed by atoms with van der Waals surface area (Å²) >= 11 is 12.4. The van der Waals surface area contributed by atoms with Crippen molar-refractivity contribution in [3.63, 3.8) is 0 Å². The first-order valence-corrected chi connectivity index (χ1v) is 9.69. The zero-order valence-electron chi connectivity index (χ0n) is 15.9. The van der Waals surface area contributed by atoms with Gasteiger partial charge in [-0.1, -0.05) is 47.5 Å². The first kappa shape index (κ1) is 23.8. The Morgan fingerprint density at radius 3 is 2.37 bits per heavy atom. The van der Waals surface area contributed by atoms with E-state index in [1.54, 1.807) is 42.5 Å². The number of nitrogens with one attached hydrogen (secondary N) is 1. The average Bonchev–Trinajstić information content (AvgIpc) is 2.72. The number of hydrogen-bond donors (Lipinski definition) is 2. The maximum Gasteiger partial charge on any atom is 0.511 e. The summed E-state index contributed by atoms with van der Waals surface area (Å²) in [5.41, 5.74) is 1.80. The van der Waals surface area contributed by atoms with Gasteiger partial charge in [-0.05, 0) is 23.8 Å². The summed E-state index contributed by atoms with van der Waals surface area (Å²) in [5.74, 6) is -0.603. The molecule has 10 heteroatoms.